The van der Waals surface area contributed by atoms with Crippen molar-refractivity contribution >= 4 is 5.91 Å². The highest BCUT2D eigenvalue weighted by Gasteiger charge is 2.17. The number of carbonyl (C=O) groups is 1. The Hall–Kier alpha value is -0.870. The summed E-state index contributed by atoms with van der Waals surface area (Å²) in [6.07, 6.45) is 43.0. The first kappa shape index (κ1) is 42.1. The molecule has 3 N–H and O–H groups in total. The van der Waals surface area contributed by atoms with E-state index in [0.29, 0.717) is 6.42 Å². The monoisotopic (exact) mass is 608 g/mol. The quantitative estimate of drug-likeness (QED) is 0.0496. The van der Waals surface area contributed by atoms with E-state index in [1.807, 2.05) is 6.08 Å². The van der Waals surface area contributed by atoms with Crippen molar-refractivity contribution in [2.45, 2.75) is 225 Å². The fourth-order valence-electron chi connectivity index (χ4n) is 6.00. The summed E-state index contributed by atoms with van der Waals surface area (Å²) < 4.78 is 0. The van der Waals surface area contributed by atoms with Gasteiger partial charge in [0.2, 0.25) is 5.91 Å². The molecule has 0 aromatic carbocycles. The summed E-state index contributed by atoms with van der Waals surface area (Å²) in [6.45, 7) is 4.30. The van der Waals surface area contributed by atoms with Gasteiger partial charge in [0.05, 0.1) is 18.8 Å². The zero-order valence-electron chi connectivity index (χ0n) is 29.2. The number of allylic oxidation sites excluding steroid dienone is 1. The second-order valence-electron chi connectivity index (χ2n) is 13.4. The van der Waals surface area contributed by atoms with Crippen LogP contribution in [0.15, 0.2) is 12.2 Å². The minimum atomic E-state index is -0.831. The molecular weight excluding hydrogens is 530 g/mol. The van der Waals surface area contributed by atoms with Crippen molar-refractivity contribution in [1.29, 1.82) is 0 Å². The summed E-state index contributed by atoms with van der Waals surface area (Å²) in [5, 5.41) is 22.9. The molecule has 1 amide bonds. The molecule has 0 spiro atoms. The molecule has 0 aliphatic carbocycles. The lowest BCUT2D eigenvalue weighted by Crippen LogP contribution is -2.45. The molecule has 0 heterocycles. The van der Waals surface area contributed by atoms with Crippen LogP contribution in [0.3, 0.4) is 0 Å². The van der Waals surface area contributed by atoms with Gasteiger partial charge in [0.1, 0.15) is 0 Å². The van der Waals surface area contributed by atoms with Gasteiger partial charge in [-0.2, -0.15) is 0 Å². The van der Waals surface area contributed by atoms with Crippen LogP contribution in [0.25, 0.3) is 0 Å². The van der Waals surface area contributed by atoms with Crippen LogP contribution in [0.4, 0.5) is 0 Å². The Morgan fingerprint density at radius 3 is 1.21 bits per heavy atom. The maximum atomic E-state index is 12.3. The van der Waals surface area contributed by atoms with Crippen LogP contribution in [0, 0.1) is 0 Å². The topological polar surface area (TPSA) is 69.6 Å². The van der Waals surface area contributed by atoms with Gasteiger partial charge in [0.25, 0.3) is 0 Å². The highest BCUT2D eigenvalue weighted by molar-refractivity contribution is 5.76. The molecule has 2 atom stereocenters. The molecule has 0 bridgehead atoms. The Morgan fingerprint density at radius 2 is 0.860 bits per heavy atom. The number of nitrogens with one attached hydrogen (secondary N) is 1. The van der Waals surface area contributed by atoms with Gasteiger partial charge in [-0.05, 0) is 19.3 Å². The summed E-state index contributed by atoms with van der Waals surface area (Å²) in [7, 11) is 0. The average molecular weight is 608 g/mol. The first-order chi connectivity index (χ1) is 21.2. The molecule has 4 heteroatoms. The Kier molecular flexibility index (Phi) is 34.9. The number of rotatable bonds is 35. The zero-order valence-corrected chi connectivity index (χ0v) is 29.2. The summed E-state index contributed by atoms with van der Waals surface area (Å²) in [6, 6.07) is -0.614. The van der Waals surface area contributed by atoms with Gasteiger partial charge in [-0.25, -0.2) is 0 Å². The van der Waals surface area contributed by atoms with E-state index in [1.165, 1.54) is 167 Å². The smallest absolute Gasteiger partial charge is 0.220 e. The second kappa shape index (κ2) is 35.6. The molecule has 0 aliphatic rings. The highest BCUT2D eigenvalue weighted by atomic mass is 16.3. The summed E-state index contributed by atoms with van der Waals surface area (Å²) in [5.74, 6) is -0.0622. The number of hydrogen-bond donors (Lipinski definition) is 3. The number of aliphatic hydroxyl groups is 2. The minimum absolute atomic E-state index is 0.0622. The lowest BCUT2D eigenvalue weighted by molar-refractivity contribution is -0.123. The molecule has 0 unspecified atom stereocenters. The first-order valence-corrected chi connectivity index (χ1v) is 19.4. The fourth-order valence-corrected chi connectivity index (χ4v) is 6.00. The standard InChI is InChI=1S/C39H77NO3/c1-3-5-7-9-11-13-15-16-17-18-19-20-21-22-23-25-27-29-31-33-35-39(43)40-37(36-41)38(42)34-32-30-28-26-24-14-12-10-8-6-4-2/h32,34,37-38,41-42H,3-31,33,35-36H2,1-2H3,(H,40,43)/b34-32+/t37-,38+/m0/s1. The van der Waals surface area contributed by atoms with E-state index in [2.05, 4.69) is 19.2 Å². The SMILES string of the molecule is CCCCCCCCCCC/C=C/[C@@H](O)[C@H](CO)NC(=O)CCCCCCCCCCCCCCCCCCCCCC. The molecular formula is C39H77NO3. The van der Waals surface area contributed by atoms with E-state index in [1.54, 1.807) is 6.08 Å². The molecule has 256 valence electrons. The van der Waals surface area contributed by atoms with Crippen LogP contribution in [0.1, 0.15) is 213 Å². The van der Waals surface area contributed by atoms with E-state index in [-0.39, 0.29) is 12.5 Å². The third kappa shape index (κ3) is 32.3. The number of unbranched alkanes of at least 4 members (excludes halogenated alkanes) is 28. The van der Waals surface area contributed by atoms with Gasteiger partial charge in [-0.15, -0.1) is 0 Å². The molecule has 0 aromatic heterocycles. The fraction of sp³-hybridized carbons (Fsp3) is 0.923. The van der Waals surface area contributed by atoms with E-state index < -0.39 is 12.1 Å². The van der Waals surface area contributed by atoms with Crippen molar-refractivity contribution < 1.29 is 15.0 Å². The summed E-state index contributed by atoms with van der Waals surface area (Å²) in [5.41, 5.74) is 0. The lowest BCUT2D eigenvalue weighted by atomic mass is 10.0. The van der Waals surface area contributed by atoms with Crippen LogP contribution in [0.5, 0.6) is 0 Å². The number of hydrogen-bond acceptors (Lipinski definition) is 3. The van der Waals surface area contributed by atoms with E-state index in [4.69, 9.17) is 0 Å². The Bertz CT molecular complexity index is 579. The molecule has 43 heavy (non-hydrogen) atoms. The second-order valence-corrected chi connectivity index (χ2v) is 13.4. The zero-order chi connectivity index (χ0) is 31.5. The average Bonchev–Trinajstić information content (AvgIpc) is 3.01. The maximum Gasteiger partial charge on any atom is 0.220 e. The van der Waals surface area contributed by atoms with Gasteiger partial charge in [0, 0.05) is 6.42 Å². The van der Waals surface area contributed by atoms with Crippen molar-refractivity contribution in [3.05, 3.63) is 12.2 Å². The van der Waals surface area contributed by atoms with E-state index >= 15 is 0 Å². The van der Waals surface area contributed by atoms with Crippen LogP contribution in [0.2, 0.25) is 0 Å². The predicted molar refractivity (Wildman–Crippen MR) is 189 cm³/mol. The van der Waals surface area contributed by atoms with Crippen molar-refractivity contribution in [1.82, 2.24) is 5.32 Å². The highest BCUT2D eigenvalue weighted by Crippen LogP contribution is 2.15. The largest absolute Gasteiger partial charge is 0.394 e. The normalized spacial score (nSPS) is 13.1. The molecule has 0 radical (unpaired) electrons. The van der Waals surface area contributed by atoms with Crippen molar-refractivity contribution in [3.8, 4) is 0 Å². The first-order valence-electron chi connectivity index (χ1n) is 19.4. The molecule has 0 fully saturated rings. The lowest BCUT2D eigenvalue weighted by Gasteiger charge is -2.20. The minimum Gasteiger partial charge on any atom is -0.394 e. The third-order valence-corrected chi connectivity index (χ3v) is 9.02. The molecule has 0 aromatic rings. The Morgan fingerprint density at radius 1 is 0.535 bits per heavy atom. The van der Waals surface area contributed by atoms with E-state index in [0.717, 1.165) is 25.7 Å². The maximum absolute atomic E-state index is 12.3. The number of aliphatic hydroxyl groups excluding tert-OH is 2. The van der Waals surface area contributed by atoms with Gasteiger partial charge in [-0.3, -0.25) is 4.79 Å². The molecule has 0 aliphatic heterocycles. The molecule has 0 saturated heterocycles. The van der Waals surface area contributed by atoms with Crippen molar-refractivity contribution in [2.24, 2.45) is 0 Å². The number of amides is 1. The van der Waals surface area contributed by atoms with Crippen molar-refractivity contribution in [3.63, 3.8) is 0 Å². The predicted octanol–water partition coefficient (Wildman–Crippen LogP) is 11.5. The van der Waals surface area contributed by atoms with Gasteiger partial charge < -0.3 is 15.5 Å². The summed E-state index contributed by atoms with van der Waals surface area (Å²) in [4.78, 5) is 12.3. The van der Waals surface area contributed by atoms with Crippen molar-refractivity contribution in [2.75, 3.05) is 6.61 Å². The third-order valence-electron chi connectivity index (χ3n) is 9.02. The number of carbonyl (C=O) groups excluding carboxylic acids is 1. The van der Waals surface area contributed by atoms with Crippen LogP contribution < -0.4 is 5.32 Å². The Labute approximate surface area is 269 Å². The van der Waals surface area contributed by atoms with Crippen LogP contribution in [-0.2, 0) is 4.79 Å². The molecule has 4 nitrogen and oxygen atoms in total. The Balaban J connectivity index is 3.52. The van der Waals surface area contributed by atoms with Gasteiger partial charge in [0.15, 0.2) is 0 Å². The van der Waals surface area contributed by atoms with Crippen LogP contribution in [-0.4, -0.2) is 34.9 Å². The van der Waals surface area contributed by atoms with Gasteiger partial charge in [-0.1, -0.05) is 199 Å². The van der Waals surface area contributed by atoms with Gasteiger partial charge >= 0.3 is 0 Å². The molecule has 0 rings (SSSR count). The molecule has 0 saturated carbocycles. The summed E-state index contributed by atoms with van der Waals surface area (Å²) >= 11 is 0. The van der Waals surface area contributed by atoms with E-state index in [9.17, 15) is 15.0 Å². The van der Waals surface area contributed by atoms with Crippen LogP contribution >= 0.6 is 0 Å².